The molecule has 1 aromatic heterocycles. The molecule has 1 rings (SSSR count). The lowest BCUT2D eigenvalue weighted by molar-refractivity contribution is 0.0977. The molecular weight excluding hydrogens is 248 g/mol. The number of rotatable bonds is 3. The normalized spacial score (nSPS) is 11.8. The Morgan fingerprint density at radius 2 is 2.00 bits per heavy atom. The molecule has 7 heteroatoms. The maximum absolute atomic E-state index is 11.6. The van der Waals surface area contributed by atoms with Crippen molar-refractivity contribution >= 4 is 27.3 Å². The molecule has 0 saturated carbocycles. The van der Waals surface area contributed by atoms with Crippen LogP contribution < -0.4 is 4.72 Å². The summed E-state index contributed by atoms with van der Waals surface area (Å²) in [7, 11) is -3.53. The zero-order valence-corrected chi connectivity index (χ0v) is 11.2. The van der Waals surface area contributed by atoms with Crippen molar-refractivity contribution in [2.24, 2.45) is 0 Å². The Kier molecular flexibility index (Phi) is 3.69. The summed E-state index contributed by atoms with van der Waals surface area (Å²) < 4.78 is 23.7. The molecule has 0 spiro atoms. The van der Waals surface area contributed by atoms with Gasteiger partial charge in [-0.05, 0) is 6.92 Å². The van der Waals surface area contributed by atoms with E-state index in [1.807, 2.05) is 18.6 Å². The molecule has 0 aliphatic rings. The Morgan fingerprint density at radius 3 is 2.38 bits per heavy atom. The van der Waals surface area contributed by atoms with E-state index in [0.717, 1.165) is 16.1 Å². The number of hydrogen-bond donors (Lipinski definition) is 1. The molecule has 90 valence electrons. The summed E-state index contributed by atoms with van der Waals surface area (Å²) in [5.41, 5.74) is 0.194. The van der Waals surface area contributed by atoms with Crippen LogP contribution in [0.3, 0.4) is 0 Å². The third kappa shape index (κ3) is 3.28. The molecular formula is C9H14N2O3S2. The Balaban J connectivity index is 3.01. The summed E-state index contributed by atoms with van der Waals surface area (Å²) in [6.07, 6.45) is 0.940. The maximum atomic E-state index is 11.6. The van der Waals surface area contributed by atoms with Crippen LogP contribution in [0.2, 0.25) is 0 Å². The number of nitrogens with one attached hydrogen (secondary N) is 1. The first-order valence-electron chi connectivity index (χ1n) is 4.70. The number of hydrogen-bond acceptors (Lipinski definition) is 5. The maximum Gasteiger partial charge on any atom is 0.284 e. The number of thiazole rings is 1. The fraction of sp³-hybridized carbons (Fsp3) is 0.556. The molecule has 16 heavy (non-hydrogen) atoms. The van der Waals surface area contributed by atoms with Gasteiger partial charge in [0.15, 0.2) is 0 Å². The van der Waals surface area contributed by atoms with Crippen molar-refractivity contribution in [3.05, 3.63) is 15.6 Å². The average Bonchev–Trinajstić information content (AvgIpc) is 2.44. The molecule has 1 amide bonds. The highest BCUT2D eigenvalue weighted by Gasteiger charge is 2.19. The van der Waals surface area contributed by atoms with Crippen molar-refractivity contribution in [2.45, 2.75) is 26.7 Å². The van der Waals surface area contributed by atoms with Crippen LogP contribution in [0.15, 0.2) is 0 Å². The largest absolute Gasteiger partial charge is 0.284 e. The van der Waals surface area contributed by atoms with Crippen LogP contribution in [0.1, 0.15) is 40.1 Å². The van der Waals surface area contributed by atoms with Gasteiger partial charge in [0.1, 0.15) is 5.69 Å². The van der Waals surface area contributed by atoms with Crippen LogP contribution in [0, 0.1) is 6.92 Å². The zero-order valence-electron chi connectivity index (χ0n) is 9.57. The number of nitrogens with zero attached hydrogens (tertiary/aromatic N) is 1. The van der Waals surface area contributed by atoms with Gasteiger partial charge in [0.2, 0.25) is 10.0 Å². The van der Waals surface area contributed by atoms with Gasteiger partial charge < -0.3 is 0 Å². The van der Waals surface area contributed by atoms with Crippen LogP contribution in [-0.2, 0) is 10.0 Å². The highest BCUT2D eigenvalue weighted by molar-refractivity contribution is 7.89. The van der Waals surface area contributed by atoms with Gasteiger partial charge in [-0.25, -0.2) is 18.1 Å². The minimum Gasteiger partial charge on any atom is -0.266 e. The Bertz CT molecular complexity index is 503. The predicted octanol–water partition coefficient (Wildman–Crippen LogP) is 1.26. The van der Waals surface area contributed by atoms with Crippen molar-refractivity contribution in [2.75, 3.05) is 6.26 Å². The van der Waals surface area contributed by atoms with Crippen LogP contribution in [-0.4, -0.2) is 25.6 Å². The van der Waals surface area contributed by atoms with Crippen molar-refractivity contribution in [1.29, 1.82) is 0 Å². The first-order chi connectivity index (χ1) is 7.20. The number of amides is 1. The summed E-state index contributed by atoms with van der Waals surface area (Å²) in [6.45, 7) is 5.69. The second kappa shape index (κ2) is 4.50. The smallest absolute Gasteiger partial charge is 0.266 e. The minimum absolute atomic E-state index is 0.194. The quantitative estimate of drug-likeness (QED) is 0.890. The van der Waals surface area contributed by atoms with Crippen molar-refractivity contribution in [3.63, 3.8) is 0 Å². The van der Waals surface area contributed by atoms with E-state index in [-0.39, 0.29) is 11.6 Å². The van der Waals surface area contributed by atoms with Gasteiger partial charge in [-0.1, -0.05) is 13.8 Å². The number of aryl methyl sites for hydroxylation is 1. The van der Waals surface area contributed by atoms with Crippen molar-refractivity contribution in [1.82, 2.24) is 9.71 Å². The van der Waals surface area contributed by atoms with Crippen LogP contribution in [0.5, 0.6) is 0 Å². The summed E-state index contributed by atoms with van der Waals surface area (Å²) in [6, 6.07) is 0. The Morgan fingerprint density at radius 1 is 1.44 bits per heavy atom. The van der Waals surface area contributed by atoms with E-state index < -0.39 is 15.9 Å². The number of carbonyl (C=O) groups is 1. The first-order valence-corrected chi connectivity index (χ1v) is 7.41. The molecule has 1 heterocycles. The molecule has 0 unspecified atom stereocenters. The van der Waals surface area contributed by atoms with Crippen LogP contribution in [0.25, 0.3) is 0 Å². The van der Waals surface area contributed by atoms with Gasteiger partial charge in [0.25, 0.3) is 5.91 Å². The number of sulfonamides is 1. The van der Waals surface area contributed by atoms with E-state index >= 15 is 0 Å². The second-order valence-electron chi connectivity index (χ2n) is 3.81. The van der Waals surface area contributed by atoms with Gasteiger partial charge in [-0.15, -0.1) is 11.3 Å². The number of carbonyl (C=O) groups excluding carboxylic acids is 1. The van der Waals surface area contributed by atoms with Gasteiger partial charge in [-0.2, -0.15) is 0 Å². The summed E-state index contributed by atoms with van der Waals surface area (Å²) >= 11 is 1.41. The van der Waals surface area contributed by atoms with Crippen molar-refractivity contribution in [3.8, 4) is 0 Å². The van der Waals surface area contributed by atoms with Crippen LogP contribution >= 0.6 is 11.3 Å². The van der Waals surface area contributed by atoms with E-state index in [1.165, 1.54) is 11.3 Å². The average molecular weight is 262 g/mol. The van der Waals surface area contributed by atoms with E-state index in [2.05, 4.69) is 4.98 Å². The van der Waals surface area contributed by atoms with Gasteiger partial charge in [0, 0.05) is 10.8 Å². The molecule has 0 radical (unpaired) electrons. The molecule has 0 aliphatic heterocycles. The molecule has 0 saturated heterocycles. The summed E-state index contributed by atoms with van der Waals surface area (Å²) in [5, 5.41) is 0.830. The molecule has 0 atom stereocenters. The molecule has 5 nitrogen and oxygen atoms in total. The molecule has 0 aromatic carbocycles. The molecule has 0 bridgehead atoms. The Hall–Kier alpha value is -0.950. The second-order valence-corrected chi connectivity index (χ2v) is 6.80. The molecule has 1 aromatic rings. The topological polar surface area (TPSA) is 76.1 Å². The SMILES string of the molecule is Cc1sc(C(C)C)nc1C(=O)NS(C)(=O)=O. The van der Waals surface area contributed by atoms with E-state index in [0.29, 0.717) is 0 Å². The van der Waals surface area contributed by atoms with Gasteiger partial charge in [0.05, 0.1) is 11.3 Å². The fourth-order valence-corrected chi connectivity index (χ4v) is 2.45. The number of aromatic nitrogens is 1. The van der Waals surface area contributed by atoms with Gasteiger partial charge in [-0.3, -0.25) is 4.79 Å². The van der Waals surface area contributed by atoms with E-state index in [4.69, 9.17) is 0 Å². The third-order valence-corrected chi connectivity index (χ3v) is 3.63. The fourth-order valence-electron chi connectivity index (χ4n) is 1.09. The predicted molar refractivity (Wildman–Crippen MR) is 63.3 cm³/mol. The lowest BCUT2D eigenvalue weighted by Crippen LogP contribution is -2.30. The lowest BCUT2D eigenvalue weighted by atomic mass is 10.2. The standard InChI is InChI=1S/C9H14N2O3S2/c1-5(2)9-10-7(6(3)15-9)8(12)11-16(4,13)14/h5H,1-4H3,(H,11,12). The Labute approximate surface area is 99.0 Å². The molecule has 1 N–H and O–H groups in total. The van der Waals surface area contributed by atoms with Crippen LogP contribution in [0.4, 0.5) is 0 Å². The highest BCUT2D eigenvalue weighted by atomic mass is 32.2. The minimum atomic E-state index is -3.53. The van der Waals surface area contributed by atoms with E-state index in [1.54, 1.807) is 6.92 Å². The lowest BCUT2D eigenvalue weighted by Gasteiger charge is -2.00. The summed E-state index contributed by atoms with van der Waals surface area (Å²) in [5.74, 6) is -0.438. The van der Waals surface area contributed by atoms with E-state index in [9.17, 15) is 13.2 Å². The van der Waals surface area contributed by atoms with Gasteiger partial charge >= 0.3 is 0 Å². The molecule has 0 fully saturated rings. The molecule has 0 aliphatic carbocycles. The monoisotopic (exact) mass is 262 g/mol. The summed E-state index contributed by atoms with van der Waals surface area (Å²) in [4.78, 5) is 16.4. The zero-order chi connectivity index (χ0) is 12.5. The first kappa shape index (κ1) is 13.1. The third-order valence-electron chi connectivity index (χ3n) is 1.80. The van der Waals surface area contributed by atoms with Crippen molar-refractivity contribution < 1.29 is 13.2 Å². The highest BCUT2D eigenvalue weighted by Crippen LogP contribution is 2.23.